The molecule has 84 valence electrons. The molecular formula is C10H14O4S. The van der Waals surface area contributed by atoms with Crippen molar-refractivity contribution >= 4 is 11.8 Å². The van der Waals surface area contributed by atoms with Gasteiger partial charge in [0.25, 0.3) is 0 Å². The molecule has 0 aliphatic rings. The van der Waals surface area contributed by atoms with Crippen LogP contribution < -0.4 is 10.2 Å². The highest BCUT2D eigenvalue weighted by atomic mass is 32.2. The summed E-state index contributed by atoms with van der Waals surface area (Å²) in [5, 5.41) is 8.72. The van der Waals surface area contributed by atoms with Crippen LogP contribution in [0.5, 0.6) is 5.75 Å². The van der Waals surface area contributed by atoms with Crippen molar-refractivity contribution in [1.29, 1.82) is 0 Å². The maximum absolute atomic E-state index is 11.4. The first kappa shape index (κ1) is 12.1. The maximum Gasteiger partial charge on any atom is 0.227 e. The van der Waals surface area contributed by atoms with Crippen molar-refractivity contribution in [2.45, 2.75) is 13.5 Å². The van der Waals surface area contributed by atoms with Crippen LogP contribution in [0.1, 0.15) is 12.7 Å². The Morgan fingerprint density at radius 1 is 1.60 bits per heavy atom. The summed E-state index contributed by atoms with van der Waals surface area (Å²) in [6.07, 6.45) is 1.24. The summed E-state index contributed by atoms with van der Waals surface area (Å²) in [5.74, 6) is 2.32. The van der Waals surface area contributed by atoms with E-state index in [0.29, 0.717) is 6.61 Å². The second-order valence-electron chi connectivity index (χ2n) is 2.78. The first-order chi connectivity index (χ1) is 7.27. The van der Waals surface area contributed by atoms with Crippen LogP contribution in [0.3, 0.4) is 0 Å². The second kappa shape index (κ2) is 6.53. The average molecular weight is 230 g/mol. The molecule has 0 amide bonds. The lowest BCUT2D eigenvalue weighted by atomic mass is 10.4. The van der Waals surface area contributed by atoms with Crippen molar-refractivity contribution in [2.75, 3.05) is 18.1 Å². The van der Waals surface area contributed by atoms with Crippen LogP contribution in [0, 0.1) is 0 Å². The van der Waals surface area contributed by atoms with Gasteiger partial charge in [0, 0.05) is 11.8 Å². The number of hydrogen-bond donors (Lipinski definition) is 1. The molecular weight excluding hydrogens is 216 g/mol. The predicted octanol–water partition coefficient (Wildman–Crippen LogP) is 1.26. The Bertz CT molecular complexity index is 348. The van der Waals surface area contributed by atoms with E-state index in [9.17, 15) is 4.79 Å². The van der Waals surface area contributed by atoms with Gasteiger partial charge in [-0.1, -0.05) is 6.92 Å². The number of thioether (sulfide) groups is 1. The zero-order chi connectivity index (χ0) is 11.1. The van der Waals surface area contributed by atoms with Gasteiger partial charge in [0.2, 0.25) is 11.2 Å². The lowest BCUT2D eigenvalue weighted by molar-refractivity contribution is 0.238. The molecule has 1 heterocycles. The molecule has 1 N–H and O–H groups in total. The zero-order valence-corrected chi connectivity index (χ0v) is 9.38. The molecule has 0 bridgehead atoms. The van der Waals surface area contributed by atoms with Crippen LogP contribution in [0.25, 0.3) is 0 Å². The van der Waals surface area contributed by atoms with Crippen LogP contribution in [-0.2, 0) is 6.61 Å². The Morgan fingerprint density at radius 2 is 2.40 bits per heavy atom. The summed E-state index contributed by atoms with van der Waals surface area (Å²) >= 11 is 1.74. The molecule has 0 aliphatic carbocycles. The molecule has 5 heteroatoms. The van der Waals surface area contributed by atoms with Crippen LogP contribution in [0.15, 0.2) is 21.5 Å². The number of hydrogen-bond acceptors (Lipinski definition) is 5. The molecule has 0 aromatic carbocycles. The Labute approximate surface area is 92.3 Å². The van der Waals surface area contributed by atoms with Gasteiger partial charge in [0.1, 0.15) is 18.6 Å². The first-order valence-corrected chi connectivity index (χ1v) is 5.86. The third-order valence-corrected chi connectivity index (χ3v) is 2.56. The average Bonchev–Trinajstić information content (AvgIpc) is 2.26. The van der Waals surface area contributed by atoms with E-state index in [1.54, 1.807) is 11.8 Å². The van der Waals surface area contributed by atoms with E-state index in [2.05, 4.69) is 6.92 Å². The van der Waals surface area contributed by atoms with Gasteiger partial charge in [-0.3, -0.25) is 4.79 Å². The van der Waals surface area contributed by atoms with E-state index < -0.39 is 0 Å². The largest absolute Gasteiger partial charge is 0.486 e. The molecule has 0 saturated heterocycles. The molecule has 15 heavy (non-hydrogen) atoms. The van der Waals surface area contributed by atoms with Crippen molar-refractivity contribution in [1.82, 2.24) is 0 Å². The van der Waals surface area contributed by atoms with Gasteiger partial charge in [0.15, 0.2) is 0 Å². The molecule has 0 atom stereocenters. The minimum Gasteiger partial charge on any atom is -0.486 e. The highest BCUT2D eigenvalue weighted by Crippen LogP contribution is 2.06. The second-order valence-corrected chi connectivity index (χ2v) is 4.17. The normalized spacial score (nSPS) is 10.3. The quantitative estimate of drug-likeness (QED) is 0.746. The van der Waals surface area contributed by atoms with Crippen molar-refractivity contribution in [3.05, 3.63) is 28.3 Å². The van der Waals surface area contributed by atoms with Crippen molar-refractivity contribution in [3.63, 3.8) is 0 Å². The molecule has 0 radical (unpaired) electrons. The summed E-state index contributed by atoms with van der Waals surface area (Å²) in [6, 6.07) is 1.24. The standard InChI is InChI=1S/C10H14O4S/c1-2-15-4-3-13-10-7-14-8(6-11)5-9(10)12/h5,7,11H,2-4,6H2,1H3. The molecule has 0 unspecified atom stereocenters. The Kier molecular flexibility index (Phi) is 5.28. The minimum absolute atomic E-state index is 0.198. The van der Waals surface area contributed by atoms with Crippen LogP contribution >= 0.6 is 11.8 Å². The Morgan fingerprint density at radius 3 is 3.00 bits per heavy atom. The zero-order valence-electron chi connectivity index (χ0n) is 8.56. The van der Waals surface area contributed by atoms with Crippen LogP contribution in [0.2, 0.25) is 0 Å². The lowest BCUT2D eigenvalue weighted by Crippen LogP contribution is -2.10. The predicted molar refractivity (Wildman–Crippen MR) is 59.4 cm³/mol. The van der Waals surface area contributed by atoms with E-state index in [4.69, 9.17) is 14.3 Å². The molecule has 0 saturated carbocycles. The lowest BCUT2D eigenvalue weighted by Gasteiger charge is -2.04. The number of aliphatic hydroxyl groups excluding tert-OH is 1. The summed E-state index contributed by atoms with van der Waals surface area (Å²) < 4.78 is 10.2. The highest BCUT2D eigenvalue weighted by Gasteiger charge is 2.03. The summed E-state index contributed by atoms with van der Waals surface area (Å²) in [6.45, 7) is 2.28. The third kappa shape index (κ3) is 3.97. The Balaban J connectivity index is 2.51. The van der Waals surface area contributed by atoms with Crippen LogP contribution in [0.4, 0.5) is 0 Å². The number of rotatable bonds is 6. The van der Waals surface area contributed by atoms with E-state index in [-0.39, 0.29) is 23.5 Å². The highest BCUT2D eigenvalue weighted by molar-refractivity contribution is 7.99. The van der Waals surface area contributed by atoms with E-state index >= 15 is 0 Å². The SMILES string of the molecule is CCSCCOc1coc(CO)cc1=O. The van der Waals surface area contributed by atoms with E-state index in [1.165, 1.54) is 12.3 Å². The first-order valence-electron chi connectivity index (χ1n) is 4.71. The molecule has 0 fully saturated rings. The van der Waals surface area contributed by atoms with Gasteiger partial charge in [-0.05, 0) is 5.75 Å². The van der Waals surface area contributed by atoms with Gasteiger partial charge in [-0.15, -0.1) is 0 Å². The fraction of sp³-hybridized carbons (Fsp3) is 0.500. The van der Waals surface area contributed by atoms with E-state index in [1.807, 2.05) is 0 Å². The van der Waals surface area contributed by atoms with Crippen molar-refractivity contribution in [2.24, 2.45) is 0 Å². The monoisotopic (exact) mass is 230 g/mol. The molecule has 1 rings (SSSR count). The topological polar surface area (TPSA) is 59.7 Å². The molecule has 0 spiro atoms. The summed E-state index contributed by atoms with van der Waals surface area (Å²) in [4.78, 5) is 11.4. The molecule has 0 aliphatic heterocycles. The third-order valence-electron chi connectivity index (χ3n) is 1.70. The fourth-order valence-electron chi connectivity index (χ4n) is 0.982. The van der Waals surface area contributed by atoms with Crippen LogP contribution in [-0.4, -0.2) is 23.2 Å². The molecule has 4 nitrogen and oxygen atoms in total. The van der Waals surface area contributed by atoms with E-state index in [0.717, 1.165) is 11.5 Å². The fourth-order valence-corrected chi connectivity index (χ4v) is 1.47. The maximum atomic E-state index is 11.4. The molecule has 1 aromatic heterocycles. The summed E-state index contributed by atoms with van der Waals surface area (Å²) in [7, 11) is 0. The van der Waals surface area contributed by atoms with Crippen molar-refractivity contribution < 1.29 is 14.3 Å². The van der Waals surface area contributed by atoms with Gasteiger partial charge in [-0.2, -0.15) is 11.8 Å². The smallest absolute Gasteiger partial charge is 0.227 e. The van der Waals surface area contributed by atoms with Gasteiger partial charge in [-0.25, -0.2) is 0 Å². The number of ether oxygens (including phenoxy) is 1. The Hall–Kier alpha value is -0.940. The van der Waals surface area contributed by atoms with Gasteiger partial charge < -0.3 is 14.3 Å². The van der Waals surface area contributed by atoms with Crippen molar-refractivity contribution in [3.8, 4) is 5.75 Å². The summed E-state index contributed by atoms with van der Waals surface area (Å²) in [5.41, 5.74) is -0.258. The number of aliphatic hydroxyl groups is 1. The minimum atomic E-state index is -0.277. The molecule has 1 aromatic rings. The van der Waals surface area contributed by atoms with Gasteiger partial charge >= 0.3 is 0 Å². The van der Waals surface area contributed by atoms with Gasteiger partial charge in [0.05, 0.1) is 6.61 Å².